The summed E-state index contributed by atoms with van der Waals surface area (Å²) in [6.07, 6.45) is 1.05. The van der Waals surface area contributed by atoms with Crippen molar-refractivity contribution in [3.63, 3.8) is 0 Å². The van der Waals surface area contributed by atoms with E-state index in [1.165, 1.54) is 11.3 Å². The minimum absolute atomic E-state index is 0.199. The van der Waals surface area contributed by atoms with Crippen LogP contribution in [0.1, 0.15) is 35.5 Å². The molecule has 0 bridgehead atoms. The van der Waals surface area contributed by atoms with Crippen molar-refractivity contribution < 1.29 is 13.2 Å². The second-order valence-corrected chi connectivity index (χ2v) is 11.7. The predicted molar refractivity (Wildman–Crippen MR) is 131 cm³/mol. The van der Waals surface area contributed by atoms with Crippen LogP contribution in [-0.4, -0.2) is 31.7 Å². The van der Waals surface area contributed by atoms with Crippen molar-refractivity contribution in [2.75, 3.05) is 18.4 Å². The number of sulfonamides is 1. The molecule has 0 radical (unpaired) electrons. The number of carbonyl (C=O) groups excluding carboxylic acids is 1. The van der Waals surface area contributed by atoms with Crippen molar-refractivity contribution in [3.05, 3.63) is 71.1 Å². The number of hydrogen-bond acceptors (Lipinski definition) is 4. The molecule has 2 heterocycles. The summed E-state index contributed by atoms with van der Waals surface area (Å²) in [5, 5.41) is 2.89. The molecule has 1 fully saturated rings. The Morgan fingerprint density at radius 2 is 1.62 bits per heavy atom. The first-order valence-electron chi connectivity index (χ1n) is 10.8. The van der Waals surface area contributed by atoms with Crippen molar-refractivity contribution >= 4 is 33.0 Å². The average Bonchev–Trinajstić information content (AvgIpc) is 3.16. The van der Waals surface area contributed by atoms with Crippen molar-refractivity contribution in [2.24, 2.45) is 11.8 Å². The molecule has 7 heteroatoms. The van der Waals surface area contributed by atoms with Crippen molar-refractivity contribution in [2.45, 2.75) is 32.1 Å². The predicted octanol–water partition coefficient (Wildman–Crippen LogP) is 5.64. The van der Waals surface area contributed by atoms with Crippen LogP contribution in [-0.2, 0) is 10.0 Å². The molecule has 1 N–H and O–H groups in total. The van der Waals surface area contributed by atoms with Crippen LogP contribution in [0.4, 0.5) is 5.69 Å². The zero-order valence-electron chi connectivity index (χ0n) is 18.5. The van der Waals surface area contributed by atoms with Crippen LogP contribution < -0.4 is 5.32 Å². The Morgan fingerprint density at radius 1 is 1.00 bits per heavy atom. The normalized spacial score (nSPS) is 19.6. The lowest BCUT2D eigenvalue weighted by molar-refractivity contribution is 0.103. The monoisotopic (exact) mass is 468 g/mol. The standard InChI is InChI=1S/C25H28N2O3S2/c1-17-13-18(2)16-27(15-17)32(29,30)22-11-9-21(10-12-22)26-25(28)23-14-19(3)24(31-23)20-7-5-4-6-8-20/h4-12,14,17-18H,13,15-16H2,1-3H3,(H,26,28)/t17-,18-/m1/s1. The molecule has 0 saturated carbocycles. The van der Waals surface area contributed by atoms with E-state index in [1.807, 2.05) is 43.3 Å². The van der Waals surface area contributed by atoms with Gasteiger partial charge in [-0.05, 0) is 66.6 Å². The summed E-state index contributed by atoms with van der Waals surface area (Å²) in [5.74, 6) is 0.499. The van der Waals surface area contributed by atoms with Gasteiger partial charge in [0.15, 0.2) is 0 Å². The number of aryl methyl sites for hydroxylation is 1. The summed E-state index contributed by atoms with van der Waals surface area (Å²) in [6, 6.07) is 18.3. The fraction of sp³-hybridized carbons (Fsp3) is 0.320. The van der Waals surface area contributed by atoms with Crippen LogP contribution in [0.2, 0.25) is 0 Å². The van der Waals surface area contributed by atoms with E-state index in [-0.39, 0.29) is 10.8 Å². The van der Waals surface area contributed by atoms with Crippen LogP contribution in [0, 0.1) is 18.8 Å². The maximum Gasteiger partial charge on any atom is 0.265 e. The first-order chi connectivity index (χ1) is 15.2. The molecule has 0 aliphatic carbocycles. The van der Waals surface area contributed by atoms with E-state index in [0.717, 1.165) is 22.4 Å². The van der Waals surface area contributed by atoms with E-state index < -0.39 is 10.0 Å². The maximum atomic E-state index is 13.0. The van der Waals surface area contributed by atoms with E-state index in [2.05, 4.69) is 19.2 Å². The smallest absolute Gasteiger partial charge is 0.265 e. The minimum atomic E-state index is -3.54. The summed E-state index contributed by atoms with van der Waals surface area (Å²) in [7, 11) is -3.54. The third-order valence-corrected chi connectivity index (χ3v) is 8.89. The molecule has 1 aromatic heterocycles. The summed E-state index contributed by atoms with van der Waals surface area (Å²) in [5.41, 5.74) is 2.71. The number of thiophene rings is 1. The molecule has 1 aliphatic heterocycles. The summed E-state index contributed by atoms with van der Waals surface area (Å²) >= 11 is 1.45. The lowest BCUT2D eigenvalue weighted by Crippen LogP contribution is -2.42. The van der Waals surface area contributed by atoms with Gasteiger partial charge in [0, 0.05) is 23.7 Å². The van der Waals surface area contributed by atoms with E-state index in [4.69, 9.17) is 0 Å². The van der Waals surface area contributed by atoms with Crippen molar-refractivity contribution in [1.82, 2.24) is 4.31 Å². The van der Waals surface area contributed by atoms with E-state index in [9.17, 15) is 13.2 Å². The Labute approximate surface area is 194 Å². The molecule has 2 aromatic carbocycles. The van der Waals surface area contributed by atoms with E-state index in [0.29, 0.717) is 35.5 Å². The highest BCUT2D eigenvalue weighted by molar-refractivity contribution is 7.89. The largest absolute Gasteiger partial charge is 0.321 e. The molecule has 5 nitrogen and oxygen atoms in total. The average molecular weight is 469 g/mol. The van der Waals surface area contributed by atoms with Gasteiger partial charge in [0.25, 0.3) is 5.91 Å². The molecule has 3 aromatic rings. The third-order valence-electron chi connectivity index (χ3n) is 5.76. The van der Waals surface area contributed by atoms with Gasteiger partial charge in [0.2, 0.25) is 10.0 Å². The number of carbonyl (C=O) groups is 1. The van der Waals surface area contributed by atoms with Crippen LogP contribution in [0.15, 0.2) is 65.6 Å². The number of anilines is 1. The van der Waals surface area contributed by atoms with Crippen molar-refractivity contribution in [3.8, 4) is 10.4 Å². The molecule has 1 aliphatic rings. The zero-order chi connectivity index (χ0) is 22.9. The Hall–Kier alpha value is -2.48. The Morgan fingerprint density at radius 3 is 2.25 bits per heavy atom. The second kappa shape index (κ2) is 9.17. The summed E-state index contributed by atoms with van der Waals surface area (Å²) < 4.78 is 27.7. The minimum Gasteiger partial charge on any atom is -0.321 e. The molecule has 0 spiro atoms. The molecule has 32 heavy (non-hydrogen) atoms. The molecule has 2 atom stereocenters. The van der Waals surface area contributed by atoms with Crippen LogP contribution in [0.25, 0.3) is 10.4 Å². The van der Waals surface area contributed by atoms with E-state index in [1.54, 1.807) is 28.6 Å². The van der Waals surface area contributed by atoms with Gasteiger partial charge >= 0.3 is 0 Å². The lowest BCUT2D eigenvalue weighted by atomic mass is 9.94. The zero-order valence-corrected chi connectivity index (χ0v) is 20.2. The summed E-state index contributed by atoms with van der Waals surface area (Å²) in [4.78, 5) is 14.7. The first-order valence-corrected chi connectivity index (χ1v) is 13.1. The van der Waals surface area contributed by atoms with Gasteiger partial charge in [-0.2, -0.15) is 4.31 Å². The number of amides is 1. The van der Waals surface area contributed by atoms with Gasteiger partial charge in [-0.15, -0.1) is 11.3 Å². The number of piperidine rings is 1. The Kier molecular flexibility index (Phi) is 6.51. The first kappa shape index (κ1) is 22.7. The molecule has 1 amide bonds. The molecular formula is C25H28N2O3S2. The topological polar surface area (TPSA) is 66.5 Å². The number of hydrogen-bond donors (Lipinski definition) is 1. The molecule has 4 rings (SSSR count). The number of nitrogens with one attached hydrogen (secondary N) is 1. The number of benzene rings is 2. The number of rotatable bonds is 5. The highest BCUT2D eigenvalue weighted by atomic mass is 32.2. The third kappa shape index (κ3) is 4.80. The van der Waals surface area contributed by atoms with Crippen LogP contribution >= 0.6 is 11.3 Å². The van der Waals surface area contributed by atoms with Crippen LogP contribution in [0.3, 0.4) is 0 Å². The van der Waals surface area contributed by atoms with Gasteiger partial charge < -0.3 is 5.32 Å². The Bertz CT molecular complexity index is 1190. The molecule has 1 saturated heterocycles. The van der Waals surface area contributed by atoms with Crippen molar-refractivity contribution in [1.29, 1.82) is 0 Å². The second-order valence-electron chi connectivity index (χ2n) is 8.74. The quantitative estimate of drug-likeness (QED) is 0.527. The van der Waals surface area contributed by atoms with E-state index >= 15 is 0 Å². The lowest BCUT2D eigenvalue weighted by Gasteiger charge is -2.34. The van der Waals surface area contributed by atoms with Gasteiger partial charge in [-0.3, -0.25) is 4.79 Å². The van der Waals surface area contributed by atoms with Gasteiger partial charge in [-0.25, -0.2) is 8.42 Å². The van der Waals surface area contributed by atoms with Gasteiger partial charge in [0.05, 0.1) is 9.77 Å². The Balaban J connectivity index is 1.48. The SMILES string of the molecule is Cc1cc(C(=O)Nc2ccc(S(=O)(=O)N3C[C@H](C)C[C@@H](C)C3)cc2)sc1-c1ccccc1. The maximum absolute atomic E-state index is 13.0. The highest BCUT2D eigenvalue weighted by Crippen LogP contribution is 2.33. The highest BCUT2D eigenvalue weighted by Gasteiger charge is 2.31. The molecule has 0 unspecified atom stereocenters. The van der Waals surface area contributed by atoms with Gasteiger partial charge in [-0.1, -0.05) is 44.2 Å². The summed E-state index contributed by atoms with van der Waals surface area (Å²) in [6.45, 7) is 7.27. The fourth-order valence-electron chi connectivity index (χ4n) is 4.32. The van der Waals surface area contributed by atoms with Gasteiger partial charge in [0.1, 0.15) is 0 Å². The molecular weight excluding hydrogens is 440 g/mol. The van der Waals surface area contributed by atoms with Crippen LogP contribution in [0.5, 0.6) is 0 Å². The number of nitrogens with zero attached hydrogens (tertiary/aromatic N) is 1. The fourth-order valence-corrected chi connectivity index (χ4v) is 7.08. The molecule has 168 valence electrons.